The predicted octanol–water partition coefficient (Wildman–Crippen LogP) is 3.21. The molecule has 1 amide bonds. The topological polar surface area (TPSA) is 90.7 Å². The molecule has 2 aliphatic heterocycles. The van der Waals surface area contributed by atoms with E-state index in [1.807, 2.05) is 52.9 Å². The van der Waals surface area contributed by atoms with E-state index in [1.54, 1.807) is 24.4 Å². The smallest absolute Gasteiger partial charge is 0.267 e. The number of carbonyl (C=O) groups excluding carboxylic acids is 1. The highest BCUT2D eigenvalue weighted by Crippen LogP contribution is 2.32. The summed E-state index contributed by atoms with van der Waals surface area (Å²) in [6.07, 6.45) is 4.43. The summed E-state index contributed by atoms with van der Waals surface area (Å²) in [7, 11) is -3.38. The van der Waals surface area contributed by atoms with E-state index in [2.05, 4.69) is 4.98 Å². The Kier molecular flexibility index (Phi) is 6.51. The molecule has 8 nitrogen and oxygen atoms in total. The van der Waals surface area contributed by atoms with Gasteiger partial charge in [0.15, 0.2) is 21.3 Å². The van der Waals surface area contributed by atoms with Gasteiger partial charge in [-0.3, -0.25) is 4.79 Å². The number of amides is 1. The Morgan fingerprint density at radius 1 is 1.06 bits per heavy atom. The van der Waals surface area contributed by atoms with Crippen molar-refractivity contribution in [3.63, 3.8) is 0 Å². The second kappa shape index (κ2) is 9.73. The van der Waals surface area contributed by atoms with E-state index < -0.39 is 15.9 Å². The molecule has 0 radical (unpaired) electrons. The van der Waals surface area contributed by atoms with Gasteiger partial charge in [0.05, 0.1) is 10.6 Å². The zero-order chi connectivity index (χ0) is 24.4. The van der Waals surface area contributed by atoms with Gasteiger partial charge in [0.2, 0.25) is 6.10 Å². The number of benzene rings is 2. The molecule has 2 aliphatic rings. The third kappa shape index (κ3) is 5.05. The molecular weight excluding hydrogens is 466 g/mol. The van der Waals surface area contributed by atoms with Crippen molar-refractivity contribution in [3.8, 4) is 11.5 Å². The fraction of sp³-hybridized carbons (Fsp3) is 0.385. The van der Waals surface area contributed by atoms with E-state index in [0.717, 1.165) is 24.2 Å². The molecule has 9 heteroatoms. The molecule has 3 heterocycles. The molecule has 1 atom stereocenters. The van der Waals surface area contributed by atoms with Crippen molar-refractivity contribution in [2.45, 2.75) is 43.2 Å². The highest BCUT2D eigenvalue weighted by molar-refractivity contribution is 7.91. The first kappa shape index (κ1) is 23.4. The highest BCUT2D eigenvalue weighted by Gasteiger charge is 2.34. The molecule has 1 unspecified atom stereocenters. The highest BCUT2D eigenvalue weighted by atomic mass is 32.2. The lowest BCUT2D eigenvalue weighted by Gasteiger charge is -2.35. The lowest BCUT2D eigenvalue weighted by atomic mass is 9.95. The monoisotopic (exact) mass is 495 g/mol. The quantitative estimate of drug-likeness (QED) is 0.522. The van der Waals surface area contributed by atoms with Gasteiger partial charge in [0.1, 0.15) is 12.4 Å². The summed E-state index contributed by atoms with van der Waals surface area (Å²) in [5.41, 5.74) is 1.03. The molecule has 0 saturated carbocycles. The maximum Gasteiger partial charge on any atom is 0.267 e. The number of sulfone groups is 1. The molecule has 184 valence electrons. The van der Waals surface area contributed by atoms with Crippen molar-refractivity contribution in [2.24, 2.45) is 0 Å². The third-order valence-electron chi connectivity index (χ3n) is 6.68. The molecule has 1 fully saturated rings. The first-order chi connectivity index (χ1) is 16.9. The van der Waals surface area contributed by atoms with Crippen molar-refractivity contribution in [3.05, 3.63) is 72.3 Å². The number of fused-ring (bicyclic) bond motifs is 1. The van der Waals surface area contributed by atoms with Crippen molar-refractivity contribution in [2.75, 3.05) is 25.4 Å². The number of imidazole rings is 1. The summed E-state index contributed by atoms with van der Waals surface area (Å²) < 4.78 is 39.1. The molecule has 0 N–H and O–H groups in total. The number of ether oxygens (including phenoxy) is 2. The number of hydrogen-bond donors (Lipinski definition) is 0. The molecule has 1 saturated heterocycles. The van der Waals surface area contributed by atoms with E-state index in [1.165, 1.54) is 0 Å². The standard InChI is InChI=1S/C26H29N3O5S/c1-19-6-8-21(9-7-19)35(31,32)17-16-28-15-12-27-25(28)20-10-13-29(14-11-20)26(30)24-18-33-22-4-2-3-5-23(22)34-24/h2-9,12,15,20,24H,10-11,13-14,16-18H2,1H3. The maximum absolute atomic E-state index is 13.0. The number of nitrogens with zero attached hydrogens (tertiary/aromatic N) is 3. The fourth-order valence-corrected chi connectivity index (χ4v) is 5.88. The predicted molar refractivity (Wildman–Crippen MR) is 130 cm³/mol. The first-order valence-corrected chi connectivity index (χ1v) is 13.5. The van der Waals surface area contributed by atoms with Crippen LogP contribution in [-0.4, -0.2) is 60.3 Å². The molecule has 2 aromatic carbocycles. The first-order valence-electron chi connectivity index (χ1n) is 11.9. The molecule has 0 aliphatic carbocycles. The average Bonchev–Trinajstić information content (AvgIpc) is 3.36. The molecule has 35 heavy (non-hydrogen) atoms. The summed E-state index contributed by atoms with van der Waals surface area (Å²) >= 11 is 0. The van der Waals surface area contributed by atoms with E-state index >= 15 is 0 Å². The van der Waals surface area contributed by atoms with Crippen LogP contribution in [0.3, 0.4) is 0 Å². The van der Waals surface area contributed by atoms with Gasteiger partial charge in [-0.15, -0.1) is 0 Å². The minimum Gasteiger partial charge on any atom is -0.485 e. The Balaban J connectivity index is 1.17. The van der Waals surface area contributed by atoms with Crippen LogP contribution in [0.2, 0.25) is 0 Å². The fourth-order valence-electron chi connectivity index (χ4n) is 4.65. The van der Waals surface area contributed by atoms with Gasteiger partial charge in [-0.1, -0.05) is 29.8 Å². The van der Waals surface area contributed by atoms with Crippen LogP contribution in [0.4, 0.5) is 0 Å². The molecule has 3 aromatic rings. The van der Waals surface area contributed by atoms with E-state index in [0.29, 0.717) is 36.0 Å². The second-order valence-electron chi connectivity index (χ2n) is 9.07. The summed E-state index contributed by atoms with van der Waals surface area (Å²) in [5.74, 6) is 2.24. The zero-order valence-electron chi connectivity index (χ0n) is 19.7. The summed E-state index contributed by atoms with van der Waals surface area (Å²) in [5, 5.41) is 0. The number of para-hydroxylation sites is 2. The number of piperidine rings is 1. The minimum atomic E-state index is -3.38. The van der Waals surface area contributed by atoms with Gasteiger partial charge in [-0.2, -0.15) is 0 Å². The van der Waals surface area contributed by atoms with Gasteiger partial charge in [0.25, 0.3) is 5.91 Å². The maximum atomic E-state index is 13.0. The third-order valence-corrected chi connectivity index (χ3v) is 8.39. The van der Waals surface area contributed by atoms with Crippen LogP contribution in [0, 0.1) is 6.92 Å². The Morgan fingerprint density at radius 3 is 2.51 bits per heavy atom. The van der Waals surface area contributed by atoms with E-state index in [4.69, 9.17) is 9.47 Å². The van der Waals surface area contributed by atoms with Crippen molar-refractivity contribution >= 4 is 15.7 Å². The van der Waals surface area contributed by atoms with Gasteiger partial charge in [0, 0.05) is 37.9 Å². The van der Waals surface area contributed by atoms with Gasteiger partial charge < -0.3 is 18.9 Å². The van der Waals surface area contributed by atoms with Gasteiger partial charge in [-0.25, -0.2) is 13.4 Å². The Bertz CT molecular complexity index is 1290. The van der Waals surface area contributed by atoms with Crippen molar-refractivity contribution in [1.29, 1.82) is 0 Å². The second-order valence-corrected chi connectivity index (χ2v) is 11.2. The average molecular weight is 496 g/mol. The summed E-state index contributed by atoms with van der Waals surface area (Å²) in [6.45, 7) is 3.67. The van der Waals surface area contributed by atoms with Gasteiger partial charge in [-0.05, 0) is 44.0 Å². The van der Waals surface area contributed by atoms with Gasteiger partial charge >= 0.3 is 0 Å². The number of aryl methyl sites for hydroxylation is 2. The Labute approximate surface area is 205 Å². The SMILES string of the molecule is Cc1ccc(S(=O)(=O)CCn2ccnc2C2CCN(C(=O)C3COc4ccccc4O3)CC2)cc1. The van der Waals surface area contributed by atoms with Crippen molar-refractivity contribution < 1.29 is 22.7 Å². The lowest BCUT2D eigenvalue weighted by Crippen LogP contribution is -2.49. The number of aromatic nitrogens is 2. The van der Waals surface area contributed by atoms with Crippen LogP contribution in [0.25, 0.3) is 0 Å². The molecular formula is C26H29N3O5S. The molecule has 5 rings (SSSR count). The molecule has 0 bridgehead atoms. The zero-order valence-corrected chi connectivity index (χ0v) is 20.5. The van der Waals surface area contributed by atoms with Crippen LogP contribution in [0.15, 0.2) is 65.8 Å². The Hall–Kier alpha value is -3.33. The van der Waals surface area contributed by atoms with Crippen LogP contribution >= 0.6 is 0 Å². The largest absolute Gasteiger partial charge is 0.485 e. The number of carbonyl (C=O) groups is 1. The Morgan fingerprint density at radius 2 is 1.77 bits per heavy atom. The summed E-state index contributed by atoms with van der Waals surface area (Å²) in [6, 6.07) is 14.3. The summed E-state index contributed by atoms with van der Waals surface area (Å²) in [4.78, 5) is 19.7. The number of hydrogen-bond acceptors (Lipinski definition) is 6. The number of likely N-dealkylation sites (tertiary alicyclic amines) is 1. The van der Waals surface area contributed by atoms with Crippen LogP contribution in [0.1, 0.15) is 30.1 Å². The van der Waals surface area contributed by atoms with Crippen LogP contribution in [0.5, 0.6) is 11.5 Å². The molecule has 1 aromatic heterocycles. The van der Waals surface area contributed by atoms with Crippen molar-refractivity contribution in [1.82, 2.24) is 14.5 Å². The molecule has 0 spiro atoms. The normalized spacial score (nSPS) is 18.4. The lowest BCUT2D eigenvalue weighted by molar-refractivity contribution is -0.142. The number of rotatable bonds is 6. The van der Waals surface area contributed by atoms with E-state index in [-0.39, 0.29) is 24.2 Å². The van der Waals surface area contributed by atoms with Crippen LogP contribution in [-0.2, 0) is 21.2 Å². The van der Waals surface area contributed by atoms with Crippen LogP contribution < -0.4 is 9.47 Å². The van der Waals surface area contributed by atoms with E-state index in [9.17, 15) is 13.2 Å². The minimum absolute atomic E-state index is 0.0112.